The van der Waals surface area contributed by atoms with Crippen molar-refractivity contribution >= 4 is 41.3 Å². The van der Waals surface area contributed by atoms with Crippen molar-refractivity contribution < 1.29 is 0 Å². The van der Waals surface area contributed by atoms with Crippen molar-refractivity contribution in [3.63, 3.8) is 0 Å². The van der Waals surface area contributed by atoms with Gasteiger partial charge in [0.1, 0.15) is 0 Å². The number of nitrogens with two attached hydrogens (primary N) is 1. The Hall–Kier alpha value is -0.340. The van der Waals surface area contributed by atoms with E-state index in [1.165, 1.54) is 4.88 Å². The Bertz CT molecular complexity index is 336. The van der Waals surface area contributed by atoms with E-state index in [0.29, 0.717) is 5.96 Å². The lowest BCUT2D eigenvalue weighted by molar-refractivity contribution is 0.313. The summed E-state index contributed by atoms with van der Waals surface area (Å²) >= 11 is 1.77. The number of guanidine groups is 1. The molecule has 1 aromatic rings. The van der Waals surface area contributed by atoms with E-state index < -0.39 is 0 Å². The first-order valence-electron chi connectivity index (χ1n) is 6.54. The topological polar surface area (TPSA) is 53.6 Å². The van der Waals surface area contributed by atoms with E-state index in [1.54, 1.807) is 11.3 Å². The van der Waals surface area contributed by atoms with E-state index in [9.17, 15) is 0 Å². The predicted molar refractivity (Wildman–Crippen MR) is 95.7 cm³/mol. The van der Waals surface area contributed by atoms with Crippen LogP contribution in [-0.2, 0) is 6.42 Å². The van der Waals surface area contributed by atoms with Gasteiger partial charge in [-0.2, -0.15) is 0 Å². The van der Waals surface area contributed by atoms with Crippen molar-refractivity contribution in [3.8, 4) is 0 Å². The number of halogens is 1. The van der Waals surface area contributed by atoms with Gasteiger partial charge >= 0.3 is 0 Å². The second-order valence-electron chi connectivity index (χ2n) is 4.05. The van der Waals surface area contributed by atoms with Gasteiger partial charge in [0.25, 0.3) is 0 Å². The summed E-state index contributed by atoms with van der Waals surface area (Å²) in [5.74, 6) is 0.554. The number of rotatable bonds is 8. The Morgan fingerprint density at radius 2 is 2.16 bits per heavy atom. The van der Waals surface area contributed by atoms with Crippen molar-refractivity contribution in [2.75, 3.05) is 32.7 Å². The normalized spacial score (nSPS) is 11.4. The van der Waals surface area contributed by atoms with Gasteiger partial charge in [0.05, 0.1) is 6.54 Å². The molecular formula is C13H25IN4S. The largest absolute Gasteiger partial charge is 0.370 e. The molecule has 3 N–H and O–H groups in total. The molecule has 0 spiro atoms. The standard InChI is InChI=1S/C13H24N4S.HI/c1-3-17(4-2)10-9-16-13(14)15-8-7-12-6-5-11-18-12;/h5-6,11H,3-4,7-10H2,1-2H3,(H3,14,15,16);1H. The SMILES string of the molecule is CCN(CC)CCN=C(N)NCCc1cccs1.I. The van der Waals surface area contributed by atoms with Crippen molar-refractivity contribution in [1.29, 1.82) is 0 Å². The summed E-state index contributed by atoms with van der Waals surface area (Å²) < 4.78 is 0. The third-order valence-electron chi connectivity index (χ3n) is 2.85. The predicted octanol–water partition coefficient (Wildman–Crippen LogP) is 2.15. The van der Waals surface area contributed by atoms with E-state index in [2.05, 4.69) is 46.6 Å². The highest BCUT2D eigenvalue weighted by Crippen LogP contribution is 2.07. The number of nitrogens with zero attached hydrogens (tertiary/aromatic N) is 2. The first-order chi connectivity index (χ1) is 8.76. The Balaban J connectivity index is 0.00000324. The first kappa shape index (κ1) is 18.7. The van der Waals surface area contributed by atoms with Crippen LogP contribution in [0.4, 0.5) is 0 Å². The molecule has 0 fully saturated rings. The minimum Gasteiger partial charge on any atom is -0.370 e. The Kier molecular flexibility index (Phi) is 11.3. The Morgan fingerprint density at radius 3 is 2.74 bits per heavy atom. The fourth-order valence-corrected chi connectivity index (χ4v) is 2.39. The number of thiophene rings is 1. The van der Waals surface area contributed by atoms with Gasteiger partial charge in [-0.1, -0.05) is 19.9 Å². The van der Waals surface area contributed by atoms with E-state index in [1.807, 2.05) is 0 Å². The van der Waals surface area contributed by atoms with Crippen LogP contribution in [0.3, 0.4) is 0 Å². The average Bonchev–Trinajstić information content (AvgIpc) is 2.88. The van der Waals surface area contributed by atoms with Gasteiger partial charge in [-0.25, -0.2) is 0 Å². The lowest BCUT2D eigenvalue weighted by atomic mass is 10.3. The molecule has 0 atom stereocenters. The van der Waals surface area contributed by atoms with Crippen LogP contribution in [0, 0.1) is 0 Å². The third kappa shape index (κ3) is 8.43. The molecule has 0 aliphatic heterocycles. The summed E-state index contributed by atoms with van der Waals surface area (Å²) in [5.41, 5.74) is 5.81. The number of nitrogens with one attached hydrogen (secondary N) is 1. The first-order valence-corrected chi connectivity index (χ1v) is 7.42. The molecule has 4 nitrogen and oxygen atoms in total. The average molecular weight is 396 g/mol. The highest BCUT2D eigenvalue weighted by atomic mass is 127. The van der Waals surface area contributed by atoms with Crippen molar-refractivity contribution in [2.24, 2.45) is 10.7 Å². The van der Waals surface area contributed by atoms with Crippen LogP contribution in [0.25, 0.3) is 0 Å². The highest BCUT2D eigenvalue weighted by molar-refractivity contribution is 14.0. The van der Waals surface area contributed by atoms with Gasteiger partial charge < -0.3 is 16.0 Å². The molecule has 0 unspecified atom stereocenters. The zero-order valence-electron chi connectivity index (χ0n) is 11.8. The molecule has 0 bridgehead atoms. The smallest absolute Gasteiger partial charge is 0.188 e. The molecule has 1 rings (SSSR count). The number of hydrogen-bond donors (Lipinski definition) is 2. The molecule has 0 radical (unpaired) electrons. The molecule has 1 heterocycles. The molecule has 0 aliphatic carbocycles. The van der Waals surface area contributed by atoms with Gasteiger partial charge in [-0.05, 0) is 31.0 Å². The van der Waals surface area contributed by atoms with E-state index in [-0.39, 0.29) is 24.0 Å². The zero-order valence-corrected chi connectivity index (χ0v) is 14.9. The van der Waals surface area contributed by atoms with Gasteiger partial charge in [0, 0.05) is 18.0 Å². The van der Waals surface area contributed by atoms with Gasteiger partial charge in [-0.3, -0.25) is 4.99 Å². The van der Waals surface area contributed by atoms with Crippen LogP contribution < -0.4 is 11.1 Å². The van der Waals surface area contributed by atoms with Crippen molar-refractivity contribution in [1.82, 2.24) is 10.2 Å². The summed E-state index contributed by atoms with van der Waals surface area (Å²) in [7, 11) is 0. The summed E-state index contributed by atoms with van der Waals surface area (Å²) in [5, 5.41) is 5.24. The summed E-state index contributed by atoms with van der Waals surface area (Å²) in [6, 6.07) is 4.21. The Labute approximate surface area is 137 Å². The number of aliphatic imine (C=N–C) groups is 1. The minimum absolute atomic E-state index is 0. The molecule has 0 saturated heterocycles. The highest BCUT2D eigenvalue weighted by Gasteiger charge is 1.98. The maximum absolute atomic E-state index is 5.81. The molecular weight excluding hydrogens is 371 g/mol. The van der Waals surface area contributed by atoms with Gasteiger partial charge in [0.2, 0.25) is 0 Å². The third-order valence-corrected chi connectivity index (χ3v) is 3.79. The summed E-state index contributed by atoms with van der Waals surface area (Å²) in [6.07, 6.45) is 1.00. The van der Waals surface area contributed by atoms with Crippen LogP contribution >= 0.6 is 35.3 Å². The number of hydrogen-bond acceptors (Lipinski definition) is 3. The summed E-state index contributed by atoms with van der Waals surface area (Å²) in [6.45, 7) is 9.04. The van der Waals surface area contributed by atoms with E-state index in [4.69, 9.17) is 5.73 Å². The second-order valence-corrected chi connectivity index (χ2v) is 5.08. The molecule has 0 aliphatic rings. The zero-order chi connectivity index (χ0) is 13.2. The fraction of sp³-hybridized carbons (Fsp3) is 0.615. The molecule has 0 saturated carbocycles. The molecule has 110 valence electrons. The second kappa shape index (κ2) is 11.5. The van der Waals surface area contributed by atoms with Gasteiger partial charge in [0.15, 0.2) is 5.96 Å². The van der Waals surface area contributed by atoms with Crippen molar-refractivity contribution in [3.05, 3.63) is 22.4 Å². The lowest BCUT2D eigenvalue weighted by Crippen LogP contribution is -2.34. The molecule has 1 aromatic heterocycles. The van der Waals surface area contributed by atoms with Crippen LogP contribution in [-0.4, -0.2) is 43.6 Å². The van der Waals surface area contributed by atoms with E-state index in [0.717, 1.165) is 39.1 Å². The quantitative estimate of drug-likeness (QED) is 0.402. The maximum Gasteiger partial charge on any atom is 0.188 e. The fourth-order valence-electron chi connectivity index (χ4n) is 1.68. The van der Waals surface area contributed by atoms with Crippen LogP contribution in [0.5, 0.6) is 0 Å². The molecule has 0 amide bonds. The van der Waals surface area contributed by atoms with Crippen LogP contribution in [0.2, 0.25) is 0 Å². The molecule has 19 heavy (non-hydrogen) atoms. The molecule has 6 heteroatoms. The number of likely N-dealkylation sites (N-methyl/N-ethyl adjacent to an activating group) is 1. The van der Waals surface area contributed by atoms with Gasteiger partial charge in [-0.15, -0.1) is 35.3 Å². The summed E-state index contributed by atoms with van der Waals surface area (Å²) in [4.78, 5) is 8.03. The monoisotopic (exact) mass is 396 g/mol. The lowest BCUT2D eigenvalue weighted by Gasteiger charge is -2.16. The van der Waals surface area contributed by atoms with Crippen LogP contribution in [0.1, 0.15) is 18.7 Å². The minimum atomic E-state index is 0. The Morgan fingerprint density at radius 1 is 1.42 bits per heavy atom. The maximum atomic E-state index is 5.81. The van der Waals surface area contributed by atoms with E-state index >= 15 is 0 Å². The van der Waals surface area contributed by atoms with Crippen LogP contribution in [0.15, 0.2) is 22.5 Å². The molecule has 0 aromatic carbocycles. The van der Waals surface area contributed by atoms with Crippen molar-refractivity contribution in [2.45, 2.75) is 20.3 Å².